The van der Waals surface area contributed by atoms with Gasteiger partial charge in [-0.2, -0.15) is 0 Å². The molecule has 0 amide bonds. The number of hydrogen-bond acceptors (Lipinski definition) is 5. The fraction of sp³-hybridized carbons (Fsp3) is 0.864. The SMILES string of the molecule is CCCCC(CCCC)(CCCC)CCCOC(=O)CC(O)(CC(=O)O)C(=O)O. The first kappa shape index (κ1) is 27.4. The Morgan fingerprint density at radius 3 is 1.59 bits per heavy atom. The molecule has 170 valence electrons. The molecule has 0 bridgehead atoms. The van der Waals surface area contributed by atoms with Gasteiger partial charge in [0.2, 0.25) is 0 Å². The molecule has 0 aliphatic carbocycles. The Bertz CT molecular complexity index is 482. The molecule has 7 heteroatoms. The summed E-state index contributed by atoms with van der Waals surface area (Å²) >= 11 is 0. The minimum atomic E-state index is -2.64. The van der Waals surface area contributed by atoms with E-state index >= 15 is 0 Å². The van der Waals surface area contributed by atoms with Gasteiger partial charge in [-0.3, -0.25) is 9.59 Å². The Morgan fingerprint density at radius 1 is 0.759 bits per heavy atom. The van der Waals surface area contributed by atoms with Gasteiger partial charge in [-0.1, -0.05) is 59.3 Å². The number of ether oxygens (including phenoxy) is 1. The monoisotopic (exact) mass is 416 g/mol. The summed E-state index contributed by atoms with van der Waals surface area (Å²) in [5, 5.41) is 27.7. The van der Waals surface area contributed by atoms with Crippen LogP contribution < -0.4 is 0 Å². The van der Waals surface area contributed by atoms with Crippen molar-refractivity contribution in [2.24, 2.45) is 5.41 Å². The van der Waals surface area contributed by atoms with Crippen LogP contribution >= 0.6 is 0 Å². The maximum atomic E-state index is 11.9. The highest BCUT2D eigenvalue weighted by Gasteiger charge is 2.41. The van der Waals surface area contributed by atoms with Crippen molar-refractivity contribution < 1.29 is 34.4 Å². The lowest BCUT2D eigenvalue weighted by molar-refractivity contribution is -0.172. The average Bonchev–Trinajstić information content (AvgIpc) is 2.65. The number of unbranched alkanes of at least 4 members (excludes halogenated alkanes) is 3. The lowest BCUT2D eigenvalue weighted by Crippen LogP contribution is -2.43. The number of carbonyl (C=O) groups excluding carboxylic acids is 1. The van der Waals surface area contributed by atoms with Gasteiger partial charge in [0, 0.05) is 0 Å². The lowest BCUT2D eigenvalue weighted by Gasteiger charge is -2.34. The third kappa shape index (κ3) is 11.2. The topological polar surface area (TPSA) is 121 Å². The zero-order valence-electron chi connectivity index (χ0n) is 18.4. The number of esters is 1. The maximum absolute atomic E-state index is 11.9. The third-order valence-electron chi connectivity index (χ3n) is 5.58. The van der Waals surface area contributed by atoms with Gasteiger partial charge in [0.1, 0.15) is 0 Å². The van der Waals surface area contributed by atoms with Gasteiger partial charge in [0.15, 0.2) is 5.60 Å². The van der Waals surface area contributed by atoms with Crippen molar-refractivity contribution in [3.05, 3.63) is 0 Å². The lowest BCUT2D eigenvalue weighted by atomic mass is 9.71. The Kier molecular flexibility index (Phi) is 13.6. The predicted octanol–water partition coefficient (Wildman–Crippen LogP) is 4.55. The molecule has 0 aromatic rings. The van der Waals surface area contributed by atoms with Gasteiger partial charge in [0.05, 0.1) is 19.4 Å². The largest absolute Gasteiger partial charge is 0.481 e. The van der Waals surface area contributed by atoms with Crippen molar-refractivity contribution in [3.63, 3.8) is 0 Å². The van der Waals surface area contributed by atoms with E-state index < -0.39 is 36.4 Å². The Labute approximate surface area is 174 Å². The van der Waals surface area contributed by atoms with Crippen molar-refractivity contribution in [1.29, 1.82) is 0 Å². The molecule has 0 rings (SSSR count). The highest BCUT2D eigenvalue weighted by atomic mass is 16.5. The van der Waals surface area contributed by atoms with Gasteiger partial charge in [-0.25, -0.2) is 4.79 Å². The summed E-state index contributed by atoms with van der Waals surface area (Å²) in [7, 11) is 0. The molecular formula is C22H40O7. The number of aliphatic hydroxyl groups is 1. The molecule has 0 aliphatic rings. The number of rotatable bonds is 18. The zero-order valence-corrected chi connectivity index (χ0v) is 18.4. The van der Waals surface area contributed by atoms with E-state index in [1.54, 1.807) is 0 Å². The molecule has 7 nitrogen and oxygen atoms in total. The molecule has 0 aliphatic heterocycles. The fourth-order valence-electron chi connectivity index (χ4n) is 3.79. The first-order valence-electron chi connectivity index (χ1n) is 11.0. The van der Waals surface area contributed by atoms with E-state index in [0.29, 0.717) is 6.42 Å². The van der Waals surface area contributed by atoms with E-state index in [4.69, 9.17) is 14.9 Å². The van der Waals surface area contributed by atoms with Crippen molar-refractivity contribution in [2.75, 3.05) is 6.61 Å². The molecule has 0 fully saturated rings. The molecule has 29 heavy (non-hydrogen) atoms. The molecule has 0 saturated heterocycles. The molecule has 1 atom stereocenters. The van der Waals surface area contributed by atoms with E-state index in [1.165, 1.54) is 19.3 Å². The van der Waals surface area contributed by atoms with Crippen molar-refractivity contribution >= 4 is 17.9 Å². The Balaban J connectivity index is 4.76. The molecular weight excluding hydrogens is 376 g/mol. The van der Waals surface area contributed by atoms with Crippen LogP contribution in [0.5, 0.6) is 0 Å². The van der Waals surface area contributed by atoms with Crippen LogP contribution in [0.3, 0.4) is 0 Å². The summed E-state index contributed by atoms with van der Waals surface area (Å²) in [6, 6.07) is 0. The first-order chi connectivity index (χ1) is 13.6. The van der Waals surface area contributed by atoms with Crippen LogP contribution in [-0.4, -0.2) is 45.4 Å². The smallest absolute Gasteiger partial charge is 0.336 e. The average molecular weight is 417 g/mol. The first-order valence-corrected chi connectivity index (χ1v) is 11.0. The summed E-state index contributed by atoms with van der Waals surface area (Å²) in [6.45, 7) is 6.71. The summed E-state index contributed by atoms with van der Waals surface area (Å²) in [5.41, 5.74) is -2.39. The minimum Gasteiger partial charge on any atom is -0.481 e. The maximum Gasteiger partial charge on any atom is 0.336 e. The van der Waals surface area contributed by atoms with Crippen LogP contribution in [0.4, 0.5) is 0 Å². The van der Waals surface area contributed by atoms with Crippen molar-refractivity contribution in [2.45, 2.75) is 110 Å². The molecule has 0 spiro atoms. The summed E-state index contributed by atoms with van der Waals surface area (Å²) in [6.07, 6.45) is 10.1. The van der Waals surface area contributed by atoms with Crippen LogP contribution in [0.1, 0.15) is 104 Å². The standard InChI is InChI=1S/C22H40O7/c1-4-7-11-21(12-8-5-2,13-9-6-3)14-10-15-29-19(25)17-22(28,20(26)27)16-18(23)24/h28H,4-17H2,1-3H3,(H,23,24)(H,26,27). The Hall–Kier alpha value is -1.63. The second-order valence-corrected chi connectivity index (χ2v) is 8.22. The molecule has 0 radical (unpaired) electrons. The van der Waals surface area contributed by atoms with Gasteiger partial charge in [-0.15, -0.1) is 0 Å². The van der Waals surface area contributed by atoms with Gasteiger partial charge < -0.3 is 20.1 Å². The summed E-state index contributed by atoms with van der Waals surface area (Å²) in [4.78, 5) is 33.8. The number of carboxylic acid groups (broad SMARTS) is 2. The van der Waals surface area contributed by atoms with E-state index in [1.807, 2.05) is 0 Å². The number of carbonyl (C=O) groups is 3. The van der Waals surface area contributed by atoms with E-state index in [9.17, 15) is 19.5 Å². The van der Waals surface area contributed by atoms with Crippen molar-refractivity contribution in [3.8, 4) is 0 Å². The van der Waals surface area contributed by atoms with E-state index in [2.05, 4.69) is 20.8 Å². The van der Waals surface area contributed by atoms with Gasteiger partial charge in [0.25, 0.3) is 0 Å². The third-order valence-corrected chi connectivity index (χ3v) is 5.58. The minimum absolute atomic E-state index is 0.147. The summed E-state index contributed by atoms with van der Waals surface area (Å²) < 4.78 is 5.12. The molecule has 3 N–H and O–H groups in total. The highest BCUT2D eigenvalue weighted by Crippen LogP contribution is 2.41. The summed E-state index contributed by atoms with van der Waals surface area (Å²) in [5.74, 6) is -4.12. The normalized spacial score (nSPS) is 13.7. The van der Waals surface area contributed by atoms with Crippen molar-refractivity contribution in [1.82, 2.24) is 0 Å². The molecule has 0 aromatic carbocycles. The quantitative estimate of drug-likeness (QED) is 0.221. The second-order valence-electron chi connectivity index (χ2n) is 8.22. The van der Waals surface area contributed by atoms with Gasteiger partial charge >= 0.3 is 17.9 Å². The molecule has 0 heterocycles. The van der Waals surface area contributed by atoms with E-state index in [-0.39, 0.29) is 12.0 Å². The van der Waals surface area contributed by atoms with Gasteiger partial charge in [-0.05, 0) is 37.5 Å². The van der Waals surface area contributed by atoms with Crippen LogP contribution in [0.25, 0.3) is 0 Å². The highest BCUT2D eigenvalue weighted by molar-refractivity contribution is 5.88. The van der Waals surface area contributed by atoms with Crippen LogP contribution in [0.15, 0.2) is 0 Å². The Morgan fingerprint density at radius 2 is 1.21 bits per heavy atom. The molecule has 1 unspecified atom stereocenters. The predicted molar refractivity (Wildman–Crippen MR) is 111 cm³/mol. The van der Waals surface area contributed by atoms with E-state index in [0.717, 1.165) is 44.9 Å². The van der Waals surface area contributed by atoms with Crippen LogP contribution in [0.2, 0.25) is 0 Å². The van der Waals surface area contributed by atoms with Crippen LogP contribution in [-0.2, 0) is 19.1 Å². The number of aliphatic carboxylic acids is 2. The zero-order chi connectivity index (χ0) is 22.3. The number of hydrogen-bond donors (Lipinski definition) is 3. The fourth-order valence-corrected chi connectivity index (χ4v) is 3.79. The molecule has 0 saturated carbocycles. The van der Waals surface area contributed by atoms with Crippen LogP contribution in [0, 0.1) is 5.41 Å². The molecule has 0 aromatic heterocycles. The number of carboxylic acids is 2. The second kappa shape index (κ2) is 14.4.